The standard InChI is InChI=1S/C26H25N5O2S/c1-17-8-10-18(11-9-17)16-27-25(32)23-22(19-12-14-21(33-2)15-13-19)30-31-24(28-29-26(31)34-23)20-6-4-3-5-7-20/h3-15,22-23,30H,16H2,1-2H3,(H,27,32)/t22-,23+/m0/s1. The van der Waals surface area contributed by atoms with Crippen LogP contribution in [0, 0.1) is 6.92 Å². The third kappa shape index (κ3) is 4.49. The largest absolute Gasteiger partial charge is 0.497 e. The van der Waals surface area contributed by atoms with E-state index in [1.807, 2.05) is 90.5 Å². The summed E-state index contributed by atoms with van der Waals surface area (Å²) in [6.07, 6.45) is 0. The molecule has 5 rings (SSSR count). The van der Waals surface area contributed by atoms with E-state index in [0.29, 0.717) is 17.5 Å². The Hall–Kier alpha value is -3.78. The zero-order valence-corrected chi connectivity index (χ0v) is 19.8. The van der Waals surface area contributed by atoms with Crippen LogP contribution in [0.5, 0.6) is 5.75 Å². The van der Waals surface area contributed by atoms with Gasteiger partial charge >= 0.3 is 0 Å². The van der Waals surface area contributed by atoms with Crippen molar-refractivity contribution in [2.45, 2.75) is 29.9 Å². The van der Waals surface area contributed by atoms with Crippen molar-refractivity contribution in [1.82, 2.24) is 20.2 Å². The number of hydrogen-bond donors (Lipinski definition) is 2. The van der Waals surface area contributed by atoms with Gasteiger partial charge in [0.25, 0.3) is 0 Å². The Morgan fingerprint density at radius 3 is 2.47 bits per heavy atom. The van der Waals surface area contributed by atoms with E-state index in [2.05, 4.69) is 20.9 Å². The number of hydrogen-bond acceptors (Lipinski definition) is 6. The Morgan fingerprint density at radius 1 is 1.03 bits per heavy atom. The van der Waals surface area contributed by atoms with Gasteiger partial charge in [-0.05, 0) is 30.2 Å². The number of nitrogens with zero attached hydrogens (tertiary/aromatic N) is 3. The van der Waals surface area contributed by atoms with Crippen molar-refractivity contribution in [3.05, 3.63) is 95.6 Å². The van der Waals surface area contributed by atoms with Crippen LogP contribution in [-0.4, -0.2) is 33.1 Å². The number of nitrogens with one attached hydrogen (secondary N) is 2. The summed E-state index contributed by atoms with van der Waals surface area (Å²) in [5.74, 6) is 1.41. The maximum atomic E-state index is 13.4. The molecule has 4 aromatic rings. The summed E-state index contributed by atoms with van der Waals surface area (Å²) in [5, 5.41) is 12.1. The number of benzene rings is 3. The maximum absolute atomic E-state index is 13.4. The van der Waals surface area contributed by atoms with Gasteiger partial charge in [0.2, 0.25) is 11.1 Å². The molecule has 0 bridgehead atoms. The lowest BCUT2D eigenvalue weighted by atomic mass is 10.0. The number of aryl methyl sites for hydroxylation is 1. The van der Waals surface area contributed by atoms with Crippen molar-refractivity contribution < 1.29 is 9.53 Å². The van der Waals surface area contributed by atoms with Gasteiger partial charge in [-0.1, -0.05) is 84.1 Å². The molecule has 2 heterocycles. The average Bonchev–Trinajstić information content (AvgIpc) is 3.31. The first-order valence-electron chi connectivity index (χ1n) is 11.0. The van der Waals surface area contributed by atoms with Crippen LogP contribution in [0.15, 0.2) is 84.0 Å². The van der Waals surface area contributed by atoms with Crippen LogP contribution >= 0.6 is 11.8 Å². The minimum atomic E-state index is -0.431. The maximum Gasteiger partial charge on any atom is 0.236 e. The van der Waals surface area contributed by atoms with Gasteiger partial charge in [0.15, 0.2) is 5.82 Å². The second kappa shape index (κ2) is 9.61. The molecule has 1 aliphatic rings. The second-order valence-electron chi connectivity index (χ2n) is 8.13. The lowest BCUT2D eigenvalue weighted by Gasteiger charge is -2.33. The second-order valence-corrected chi connectivity index (χ2v) is 9.24. The molecule has 34 heavy (non-hydrogen) atoms. The van der Waals surface area contributed by atoms with E-state index in [1.165, 1.54) is 17.3 Å². The van der Waals surface area contributed by atoms with Crippen LogP contribution in [0.1, 0.15) is 22.7 Å². The van der Waals surface area contributed by atoms with Gasteiger partial charge in [0, 0.05) is 12.1 Å². The molecule has 0 fully saturated rings. The fourth-order valence-corrected chi connectivity index (χ4v) is 4.99. The molecule has 0 spiro atoms. The third-order valence-corrected chi connectivity index (χ3v) is 7.00. The predicted octanol–water partition coefficient (Wildman–Crippen LogP) is 4.34. The number of methoxy groups -OCH3 is 1. The number of fused-ring (bicyclic) bond motifs is 1. The molecular weight excluding hydrogens is 446 g/mol. The molecule has 2 atom stereocenters. The van der Waals surface area contributed by atoms with Crippen molar-refractivity contribution in [1.29, 1.82) is 0 Å². The molecule has 0 unspecified atom stereocenters. The quantitative estimate of drug-likeness (QED) is 0.436. The SMILES string of the molecule is COc1ccc([C@@H]2Nn3c(nnc3-c3ccccc3)S[C@H]2C(=O)NCc2ccc(C)cc2)cc1. The summed E-state index contributed by atoms with van der Waals surface area (Å²) in [4.78, 5) is 13.4. The number of aromatic nitrogens is 3. The van der Waals surface area contributed by atoms with Crippen molar-refractivity contribution in [3.63, 3.8) is 0 Å². The Kier molecular flexibility index (Phi) is 6.22. The first-order chi connectivity index (χ1) is 16.6. The Morgan fingerprint density at radius 2 is 1.76 bits per heavy atom. The topological polar surface area (TPSA) is 81.1 Å². The van der Waals surface area contributed by atoms with E-state index < -0.39 is 5.25 Å². The Bertz CT molecular complexity index is 1270. The lowest BCUT2D eigenvalue weighted by molar-refractivity contribution is -0.121. The molecule has 1 aliphatic heterocycles. The molecule has 2 N–H and O–H groups in total. The number of rotatable bonds is 6. The summed E-state index contributed by atoms with van der Waals surface area (Å²) in [6, 6.07) is 25.5. The molecule has 1 amide bonds. The molecule has 0 saturated carbocycles. The predicted molar refractivity (Wildman–Crippen MR) is 133 cm³/mol. The summed E-state index contributed by atoms with van der Waals surface area (Å²) in [5.41, 5.74) is 7.68. The highest BCUT2D eigenvalue weighted by atomic mass is 32.2. The molecule has 7 nitrogen and oxygen atoms in total. The summed E-state index contributed by atoms with van der Waals surface area (Å²) >= 11 is 1.41. The van der Waals surface area contributed by atoms with Crippen LogP contribution < -0.4 is 15.5 Å². The summed E-state index contributed by atoms with van der Waals surface area (Å²) in [7, 11) is 1.64. The molecule has 0 saturated heterocycles. The molecule has 3 aromatic carbocycles. The number of ether oxygens (including phenoxy) is 1. The van der Waals surface area contributed by atoms with Crippen LogP contribution in [-0.2, 0) is 11.3 Å². The first-order valence-corrected chi connectivity index (χ1v) is 11.9. The van der Waals surface area contributed by atoms with Gasteiger partial charge in [-0.25, -0.2) is 4.68 Å². The Labute approximate surface area is 202 Å². The zero-order valence-electron chi connectivity index (χ0n) is 18.9. The number of carbonyl (C=O) groups excluding carboxylic acids is 1. The Balaban J connectivity index is 1.44. The van der Waals surface area contributed by atoms with E-state index in [1.54, 1.807) is 7.11 Å². The van der Waals surface area contributed by atoms with E-state index in [9.17, 15) is 4.79 Å². The number of amides is 1. The fraction of sp³-hybridized carbons (Fsp3) is 0.192. The highest BCUT2D eigenvalue weighted by molar-refractivity contribution is 8.00. The fourth-order valence-electron chi connectivity index (χ4n) is 3.89. The van der Waals surface area contributed by atoms with E-state index >= 15 is 0 Å². The van der Waals surface area contributed by atoms with Gasteiger partial charge in [-0.2, -0.15) is 0 Å². The van der Waals surface area contributed by atoms with E-state index in [4.69, 9.17) is 4.74 Å². The van der Waals surface area contributed by atoms with Crippen molar-refractivity contribution in [2.75, 3.05) is 12.5 Å². The lowest BCUT2D eigenvalue weighted by Crippen LogP contribution is -2.43. The van der Waals surface area contributed by atoms with Crippen molar-refractivity contribution in [2.24, 2.45) is 0 Å². The average molecular weight is 472 g/mol. The molecule has 0 radical (unpaired) electrons. The van der Waals surface area contributed by atoms with E-state index in [-0.39, 0.29) is 11.9 Å². The molecule has 8 heteroatoms. The number of carbonyl (C=O) groups is 1. The van der Waals surface area contributed by atoms with Gasteiger partial charge < -0.3 is 15.5 Å². The molecule has 0 aliphatic carbocycles. The molecule has 1 aromatic heterocycles. The summed E-state index contributed by atoms with van der Waals surface area (Å²) in [6.45, 7) is 2.51. The molecular formula is C26H25N5O2S. The van der Waals surface area contributed by atoms with Crippen LogP contribution in [0.2, 0.25) is 0 Å². The van der Waals surface area contributed by atoms with Gasteiger partial charge in [-0.15, -0.1) is 10.2 Å². The van der Waals surface area contributed by atoms with E-state index in [0.717, 1.165) is 22.4 Å². The minimum absolute atomic E-state index is 0.0607. The third-order valence-electron chi connectivity index (χ3n) is 5.79. The molecule has 172 valence electrons. The normalized spacial score (nSPS) is 16.9. The zero-order chi connectivity index (χ0) is 23.5. The highest BCUT2D eigenvalue weighted by Gasteiger charge is 2.38. The van der Waals surface area contributed by atoms with Crippen LogP contribution in [0.25, 0.3) is 11.4 Å². The van der Waals surface area contributed by atoms with Crippen LogP contribution in [0.4, 0.5) is 0 Å². The van der Waals surface area contributed by atoms with Crippen molar-refractivity contribution in [3.8, 4) is 17.1 Å². The monoisotopic (exact) mass is 471 g/mol. The van der Waals surface area contributed by atoms with Crippen molar-refractivity contribution >= 4 is 17.7 Å². The van der Waals surface area contributed by atoms with Gasteiger partial charge in [-0.3, -0.25) is 4.79 Å². The highest BCUT2D eigenvalue weighted by Crippen LogP contribution is 2.38. The van der Waals surface area contributed by atoms with Crippen LogP contribution in [0.3, 0.4) is 0 Å². The number of thioether (sulfide) groups is 1. The first kappa shape index (κ1) is 22.0. The smallest absolute Gasteiger partial charge is 0.236 e. The minimum Gasteiger partial charge on any atom is -0.497 e. The van der Waals surface area contributed by atoms with Gasteiger partial charge in [0.05, 0.1) is 13.2 Å². The summed E-state index contributed by atoms with van der Waals surface area (Å²) < 4.78 is 7.19. The van der Waals surface area contributed by atoms with Gasteiger partial charge in [0.1, 0.15) is 11.0 Å².